The third-order valence-corrected chi connectivity index (χ3v) is 4.99. The highest BCUT2D eigenvalue weighted by molar-refractivity contribution is 5.86. The first kappa shape index (κ1) is 19.9. The summed E-state index contributed by atoms with van der Waals surface area (Å²) in [6.07, 6.45) is 2.72. The minimum atomic E-state index is -0.376. The Morgan fingerprint density at radius 3 is 2.75 bits per heavy atom. The van der Waals surface area contributed by atoms with Crippen LogP contribution in [0.2, 0.25) is 0 Å². The van der Waals surface area contributed by atoms with E-state index in [0.29, 0.717) is 12.1 Å². The van der Waals surface area contributed by atoms with Gasteiger partial charge in [-0.3, -0.25) is 9.59 Å². The van der Waals surface area contributed by atoms with Gasteiger partial charge in [-0.2, -0.15) is 0 Å². The maximum Gasteiger partial charge on any atom is 0.242 e. The van der Waals surface area contributed by atoms with Gasteiger partial charge in [0.1, 0.15) is 11.6 Å². The van der Waals surface area contributed by atoms with Gasteiger partial charge in [0.2, 0.25) is 11.8 Å². The van der Waals surface area contributed by atoms with Crippen LogP contribution < -0.4 is 10.1 Å². The standard InChI is InChI=1S/C22H25FN2O3/c1-28-20-9-3-6-17(13-20)12-19-8-4-10-25(19)22(27)15-24-21(26)14-16-5-2-7-18(23)11-16/h2-3,5-7,9,11,13,19H,4,8,10,12,14-15H2,1H3,(H,24,26). The van der Waals surface area contributed by atoms with Gasteiger partial charge in [0.25, 0.3) is 0 Å². The van der Waals surface area contributed by atoms with Crippen LogP contribution in [0.4, 0.5) is 4.39 Å². The fourth-order valence-electron chi connectivity index (χ4n) is 3.62. The van der Waals surface area contributed by atoms with Crippen molar-refractivity contribution in [2.75, 3.05) is 20.2 Å². The molecule has 5 nitrogen and oxygen atoms in total. The Hall–Kier alpha value is -2.89. The molecule has 1 aliphatic heterocycles. The lowest BCUT2D eigenvalue weighted by Crippen LogP contribution is -2.43. The Morgan fingerprint density at radius 2 is 1.96 bits per heavy atom. The van der Waals surface area contributed by atoms with Gasteiger partial charge in [0.15, 0.2) is 0 Å². The Morgan fingerprint density at radius 1 is 1.18 bits per heavy atom. The monoisotopic (exact) mass is 384 g/mol. The van der Waals surface area contributed by atoms with Crippen LogP contribution in [-0.2, 0) is 22.4 Å². The predicted molar refractivity (Wildman–Crippen MR) is 105 cm³/mol. The van der Waals surface area contributed by atoms with E-state index >= 15 is 0 Å². The van der Waals surface area contributed by atoms with Gasteiger partial charge in [-0.25, -0.2) is 4.39 Å². The first-order valence-corrected chi connectivity index (χ1v) is 9.48. The Labute approximate surface area is 164 Å². The van der Waals surface area contributed by atoms with E-state index in [2.05, 4.69) is 5.32 Å². The molecule has 2 amide bonds. The number of carbonyl (C=O) groups is 2. The quantitative estimate of drug-likeness (QED) is 0.799. The molecule has 0 aliphatic carbocycles. The van der Waals surface area contributed by atoms with Crippen LogP contribution in [0.15, 0.2) is 48.5 Å². The lowest BCUT2D eigenvalue weighted by atomic mass is 10.0. The van der Waals surface area contributed by atoms with Gasteiger partial charge < -0.3 is 15.0 Å². The van der Waals surface area contributed by atoms with Crippen LogP contribution in [0.3, 0.4) is 0 Å². The zero-order valence-electron chi connectivity index (χ0n) is 16.0. The zero-order chi connectivity index (χ0) is 19.9. The summed E-state index contributed by atoms with van der Waals surface area (Å²) in [6, 6.07) is 13.9. The number of nitrogens with zero attached hydrogens (tertiary/aromatic N) is 1. The van der Waals surface area contributed by atoms with Crippen molar-refractivity contribution in [3.8, 4) is 5.75 Å². The van der Waals surface area contributed by atoms with E-state index < -0.39 is 0 Å². The summed E-state index contributed by atoms with van der Waals surface area (Å²) in [7, 11) is 1.64. The number of amides is 2. The minimum absolute atomic E-state index is 0.0389. The molecular formula is C22H25FN2O3. The molecule has 3 rings (SSSR count). The van der Waals surface area contributed by atoms with Crippen molar-refractivity contribution in [1.29, 1.82) is 0 Å². The fraction of sp³-hybridized carbons (Fsp3) is 0.364. The SMILES string of the molecule is COc1cccc(CC2CCCN2C(=O)CNC(=O)Cc2cccc(F)c2)c1. The topological polar surface area (TPSA) is 58.6 Å². The number of carbonyl (C=O) groups excluding carboxylic acids is 2. The fourth-order valence-corrected chi connectivity index (χ4v) is 3.62. The zero-order valence-corrected chi connectivity index (χ0v) is 16.0. The van der Waals surface area contributed by atoms with E-state index in [1.165, 1.54) is 12.1 Å². The van der Waals surface area contributed by atoms with Crippen molar-refractivity contribution in [3.63, 3.8) is 0 Å². The van der Waals surface area contributed by atoms with E-state index in [1.54, 1.807) is 19.2 Å². The summed E-state index contributed by atoms with van der Waals surface area (Å²) in [5, 5.41) is 2.66. The summed E-state index contributed by atoms with van der Waals surface area (Å²) in [6.45, 7) is 0.663. The molecule has 28 heavy (non-hydrogen) atoms. The normalized spacial score (nSPS) is 16.1. The van der Waals surface area contributed by atoms with Crippen LogP contribution in [0, 0.1) is 5.82 Å². The van der Waals surface area contributed by atoms with Gasteiger partial charge in [-0.1, -0.05) is 24.3 Å². The highest BCUT2D eigenvalue weighted by Crippen LogP contribution is 2.23. The number of halogens is 1. The van der Waals surface area contributed by atoms with Gasteiger partial charge in [-0.05, 0) is 54.7 Å². The molecule has 0 radical (unpaired) electrons. The van der Waals surface area contributed by atoms with Crippen molar-refractivity contribution in [2.45, 2.75) is 31.7 Å². The molecule has 1 heterocycles. The van der Waals surface area contributed by atoms with Gasteiger partial charge >= 0.3 is 0 Å². The summed E-state index contributed by atoms with van der Waals surface area (Å²) in [5.41, 5.74) is 1.71. The molecule has 2 aromatic rings. The third kappa shape index (κ3) is 5.31. The Balaban J connectivity index is 1.52. The largest absolute Gasteiger partial charge is 0.497 e. The molecule has 0 aromatic heterocycles. The maximum atomic E-state index is 13.2. The molecule has 1 N–H and O–H groups in total. The number of methoxy groups -OCH3 is 1. The van der Waals surface area contributed by atoms with Crippen molar-refractivity contribution >= 4 is 11.8 Å². The number of likely N-dealkylation sites (tertiary alicyclic amines) is 1. The number of ether oxygens (including phenoxy) is 1. The predicted octanol–water partition coefficient (Wildman–Crippen LogP) is 2.73. The first-order valence-electron chi connectivity index (χ1n) is 9.48. The van der Waals surface area contributed by atoms with Gasteiger partial charge in [-0.15, -0.1) is 0 Å². The number of hydrogen-bond acceptors (Lipinski definition) is 3. The molecule has 1 unspecified atom stereocenters. The summed E-state index contributed by atoms with van der Waals surface area (Å²) < 4.78 is 18.5. The lowest BCUT2D eigenvalue weighted by molar-refractivity contribution is -0.133. The van der Waals surface area contributed by atoms with E-state index in [1.807, 2.05) is 29.2 Å². The van der Waals surface area contributed by atoms with E-state index in [9.17, 15) is 14.0 Å². The molecule has 1 atom stereocenters. The molecule has 0 bridgehead atoms. The highest BCUT2D eigenvalue weighted by Gasteiger charge is 2.28. The van der Waals surface area contributed by atoms with Crippen LogP contribution in [-0.4, -0.2) is 43.0 Å². The number of hydrogen-bond donors (Lipinski definition) is 1. The molecule has 6 heteroatoms. The minimum Gasteiger partial charge on any atom is -0.497 e. The maximum absolute atomic E-state index is 13.2. The Kier molecular flexibility index (Phi) is 6.63. The molecule has 148 valence electrons. The van der Waals surface area contributed by atoms with Gasteiger partial charge in [0, 0.05) is 12.6 Å². The summed E-state index contributed by atoms with van der Waals surface area (Å²) >= 11 is 0. The molecule has 1 saturated heterocycles. The molecule has 0 saturated carbocycles. The van der Waals surface area contributed by atoms with Crippen LogP contribution in [0.1, 0.15) is 24.0 Å². The third-order valence-electron chi connectivity index (χ3n) is 4.99. The van der Waals surface area contributed by atoms with Crippen molar-refractivity contribution in [2.24, 2.45) is 0 Å². The number of nitrogens with one attached hydrogen (secondary N) is 1. The molecule has 1 aliphatic rings. The second-order valence-electron chi connectivity index (χ2n) is 7.02. The van der Waals surface area contributed by atoms with E-state index in [-0.39, 0.29) is 36.6 Å². The summed E-state index contributed by atoms with van der Waals surface area (Å²) in [5.74, 6) is 0.0530. The van der Waals surface area contributed by atoms with Crippen LogP contribution >= 0.6 is 0 Å². The molecule has 0 spiro atoms. The molecule has 2 aromatic carbocycles. The lowest BCUT2D eigenvalue weighted by Gasteiger charge is -2.25. The summed E-state index contributed by atoms with van der Waals surface area (Å²) in [4.78, 5) is 26.5. The van der Waals surface area contributed by atoms with Crippen molar-refractivity contribution in [3.05, 3.63) is 65.5 Å². The first-order chi connectivity index (χ1) is 13.5. The molecular weight excluding hydrogens is 359 g/mol. The van der Waals surface area contributed by atoms with Crippen LogP contribution in [0.5, 0.6) is 5.75 Å². The van der Waals surface area contributed by atoms with E-state index in [0.717, 1.165) is 30.6 Å². The number of rotatable bonds is 7. The average Bonchev–Trinajstić information content (AvgIpc) is 3.14. The van der Waals surface area contributed by atoms with E-state index in [4.69, 9.17) is 4.74 Å². The second kappa shape index (κ2) is 9.35. The second-order valence-corrected chi connectivity index (χ2v) is 7.02. The van der Waals surface area contributed by atoms with Crippen molar-refractivity contribution < 1.29 is 18.7 Å². The van der Waals surface area contributed by atoms with Crippen molar-refractivity contribution in [1.82, 2.24) is 10.2 Å². The molecule has 1 fully saturated rings. The average molecular weight is 384 g/mol. The van der Waals surface area contributed by atoms with Gasteiger partial charge in [0.05, 0.1) is 20.1 Å². The number of benzene rings is 2. The Bertz CT molecular complexity index is 840. The smallest absolute Gasteiger partial charge is 0.242 e. The highest BCUT2D eigenvalue weighted by atomic mass is 19.1. The van der Waals surface area contributed by atoms with Crippen LogP contribution in [0.25, 0.3) is 0 Å².